The summed E-state index contributed by atoms with van der Waals surface area (Å²) in [6, 6.07) is 8.92. The lowest BCUT2D eigenvalue weighted by atomic mass is 10.3. The molecule has 0 aliphatic heterocycles. The number of nitrogens with one attached hydrogen (secondary N) is 3. The van der Waals surface area contributed by atoms with Crippen LogP contribution in [0, 0.1) is 5.82 Å². The molecule has 0 radical (unpaired) electrons. The summed E-state index contributed by atoms with van der Waals surface area (Å²) in [5.41, 5.74) is 2.13. The number of hydrogen-bond acceptors (Lipinski definition) is 6. The van der Waals surface area contributed by atoms with Crippen LogP contribution in [-0.4, -0.2) is 33.9 Å². The number of benzene rings is 2. The Morgan fingerprint density at radius 2 is 1.89 bits per heavy atom. The average molecular weight is 411 g/mol. The minimum Gasteiger partial charge on any atom is -0.495 e. The molecule has 9 nitrogen and oxygen atoms in total. The van der Waals surface area contributed by atoms with Gasteiger partial charge in [0.1, 0.15) is 17.3 Å². The molecule has 0 fully saturated rings. The number of carbonyl (C=O) groups excluding carboxylic acids is 2. The van der Waals surface area contributed by atoms with E-state index < -0.39 is 34.3 Å². The predicted octanol–water partition coefficient (Wildman–Crippen LogP) is 1.18. The molecule has 28 heavy (non-hydrogen) atoms. The summed E-state index contributed by atoms with van der Waals surface area (Å²) in [5.74, 6) is -1.37. The molecule has 0 spiro atoms. The normalized spacial score (nSPS) is 10.8. The van der Waals surface area contributed by atoms with Gasteiger partial charge in [-0.3, -0.25) is 15.0 Å². The maximum absolute atomic E-state index is 13.0. The number of sulfonamides is 1. The van der Waals surface area contributed by atoms with Gasteiger partial charge in [0.05, 0.1) is 17.7 Å². The van der Waals surface area contributed by atoms with Gasteiger partial charge in [-0.2, -0.15) is 0 Å². The van der Waals surface area contributed by atoms with Crippen LogP contribution in [0.1, 0.15) is 6.92 Å². The number of amides is 2. The number of methoxy groups -OCH3 is 1. The summed E-state index contributed by atoms with van der Waals surface area (Å²) in [5, 5.41) is 2.45. The smallest absolute Gasteiger partial charge is 0.272 e. The SMILES string of the molecule is COc1ccc(S(=O)(=O)NNC(=O)COc2cccc(F)c2)cc1NC(C)=O. The van der Waals surface area contributed by atoms with Gasteiger partial charge in [0.15, 0.2) is 6.61 Å². The van der Waals surface area contributed by atoms with Gasteiger partial charge in [0.2, 0.25) is 5.91 Å². The Morgan fingerprint density at radius 3 is 2.54 bits per heavy atom. The van der Waals surface area contributed by atoms with Gasteiger partial charge in [-0.1, -0.05) is 6.07 Å². The van der Waals surface area contributed by atoms with Crippen molar-refractivity contribution in [2.75, 3.05) is 19.0 Å². The molecule has 150 valence electrons. The second kappa shape index (κ2) is 9.15. The van der Waals surface area contributed by atoms with Crippen molar-refractivity contribution in [3.63, 3.8) is 0 Å². The van der Waals surface area contributed by atoms with Crippen LogP contribution in [-0.2, 0) is 19.6 Å². The van der Waals surface area contributed by atoms with Gasteiger partial charge < -0.3 is 14.8 Å². The van der Waals surface area contributed by atoms with E-state index in [0.29, 0.717) is 0 Å². The zero-order valence-electron chi connectivity index (χ0n) is 15.0. The summed E-state index contributed by atoms with van der Waals surface area (Å²) < 4.78 is 47.8. The molecule has 0 aromatic heterocycles. The van der Waals surface area contributed by atoms with E-state index >= 15 is 0 Å². The van der Waals surface area contributed by atoms with Gasteiger partial charge >= 0.3 is 0 Å². The first-order chi connectivity index (χ1) is 13.2. The van der Waals surface area contributed by atoms with E-state index in [4.69, 9.17) is 9.47 Å². The second-order valence-electron chi connectivity index (χ2n) is 5.44. The Labute approximate surface area is 160 Å². The monoisotopic (exact) mass is 411 g/mol. The molecule has 0 bridgehead atoms. The standard InChI is InChI=1S/C17H18FN3O6S/c1-11(22)19-15-9-14(6-7-16(15)26-2)28(24,25)21-20-17(23)10-27-13-5-3-4-12(18)8-13/h3-9,21H,10H2,1-2H3,(H,19,22)(H,20,23). The van der Waals surface area contributed by atoms with Gasteiger partial charge in [-0.25, -0.2) is 12.8 Å². The summed E-state index contributed by atoms with van der Waals surface area (Å²) in [6.07, 6.45) is 0. The molecule has 0 aliphatic rings. The average Bonchev–Trinajstić information content (AvgIpc) is 2.64. The van der Waals surface area contributed by atoms with Crippen LogP contribution in [0.15, 0.2) is 47.4 Å². The van der Waals surface area contributed by atoms with Gasteiger partial charge in [-0.15, -0.1) is 4.83 Å². The van der Waals surface area contributed by atoms with Crippen molar-refractivity contribution in [2.45, 2.75) is 11.8 Å². The van der Waals surface area contributed by atoms with Crippen molar-refractivity contribution in [1.29, 1.82) is 0 Å². The zero-order chi connectivity index (χ0) is 20.7. The highest BCUT2D eigenvalue weighted by Crippen LogP contribution is 2.27. The Morgan fingerprint density at radius 1 is 1.14 bits per heavy atom. The van der Waals surface area contributed by atoms with Crippen LogP contribution in [0.2, 0.25) is 0 Å². The molecule has 2 aromatic carbocycles. The summed E-state index contributed by atoms with van der Waals surface area (Å²) in [4.78, 5) is 24.7. The van der Waals surface area contributed by atoms with Crippen molar-refractivity contribution in [1.82, 2.24) is 10.3 Å². The first-order valence-electron chi connectivity index (χ1n) is 7.86. The van der Waals surface area contributed by atoms with E-state index in [0.717, 1.165) is 6.07 Å². The number of ether oxygens (including phenoxy) is 2. The van der Waals surface area contributed by atoms with Crippen LogP contribution >= 0.6 is 0 Å². The lowest BCUT2D eigenvalue weighted by molar-refractivity contribution is -0.123. The summed E-state index contributed by atoms with van der Waals surface area (Å²) >= 11 is 0. The molecule has 0 heterocycles. The largest absolute Gasteiger partial charge is 0.495 e. The van der Waals surface area contributed by atoms with E-state index in [1.165, 1.54) is 50.4 Å². The molecule has 0 atom stereocenters. The van der Waals surface area contributed by atoms with Crippen LogP contribution in [0.25, 0.3) is 0 Å². The fraction of sp³-hybridized carbons (Fsp3) is 0.176. The lowest BCUT2D eigenvalue weighted by Crippen LogP contribution is -2.43. The Kier molecular flexibility index (Phi) is 6.90. The van der Waals surface area contributed by atoms with E-state index in [1.54, 1.807) is 0 Å². The van der Waals surface area contributed by atoms with E-state index in [9.17, 15) is 22.4 Å². The topological polar surface area (TPSA) is 123 Å². The number of rotatable bonds is 8. The third-order valence-electron chi connectivity index (χ3n) is 3.28. The van der Waals surface area contributed by atoms with Crippen LogP contribution in [0.4, 0.5) is 10.1 Å². The molecule has 0 unspecified atom stereocenters. The summed E-state index contributed by atoms with van der Waals surface area (Å²) in [7, 11) is -2.77. The van der Waals surface area contributed by atoms with Crippen molar-refractivity contribution >= 4 is 27.5 Å². The van der Waals surface area contributed by atoms with E-state index in [2.05, 4.69) is 5.32 Å². The Bertz CT molecular complexity index is 981. The fourth-order valence-electron chi connectivity index (χ4n) is 2.07. The second-order valence-corrected chi connectivity index (χ2v) is 7.13. The fourth-order valence-corrected chi connectivity index (χ4v) is 2.95. The molecule has 0 saturated carbocycles. The van der Waals surface area contributed by atoms with Crippen molar-refractivity contribution in [2.24, 2.45) is 0 Å². The third kappa shape index (κ3) is 5.93. The quantitative estimate of drug-likeness (QED) is 0.561. The number of halogens is 1. The lowest BCUT2D eigenvalue weighted by Gasteiger charge is -2.13. The van der Waals surface area contributed by atoms with Gasteiger partial charge in [0.25, 0.3) is 15.9 Å². The number of hydrazine groups is 1. The molecule has 0 aliphatic carbocycles. The van der Waals surface area contributed by atoms with Crippen LogP contribution in [0.5, 0.6) is 11.5 Å². The Balaban J connectivity index is 2.00. The van der Waals surface area contributed by atoms with E-state index in [-0.39, 0.29) is 22.1 Å². The van der Waals surface area contributed by atoms with Crippen molar-refractivity contribution in [3.05, 3.63) is 48.3 Å². The van der Waals surface area contributed by atoms with Crippen LogP contribution < -0.4 is 25.0 Å². The maximum atomic E-state index is 13.0. The summed E-state index contributed by atoms with van der Waals surface area (Å²) in [6.45, 7) is 0.726. The molecular weight excluding hydrogens is 393 g/mol. The minimum absolute atomic E-state index is 0.119. The molecule has 2 amide bonds. The number of hydrogen-bond donors (Lipinski definition) is 3. The molecule has 2 aromatic rings. The highest BCUT2D eigenvalue weighted by Gasteiger charge is 2.18. The van der Waals surface area contributed by atoms with Crippen LogP contribution in [0.3, 0.4) is 0 Å². The van der Waals surface area contributed by atoms with Gasteiger partial charge in [-0.05, 0) is 30.3 Å². The predicted molar refractivity (Wildman–Crippen MR) is 97.7 cm³/mol. The molecule has 11 heteroatoms. The van der Waals surface area contributed by atoms with E-state index in [1.807, 2.05) is 10.3 Å². The Hall–Kier alpha value is -3.18. The number of anilines is 1. The van der Waals surface area contributed by atoms with Crippen molar-refractivity contribution < 1.29 is 31.9 Å². The molecule has 3 N–H and O–H groups in total. The highest BCUT2D eigenvalue weighted by atomic mass is 32.2. The highest BCUT2D eigenvalue weighted by molar-refractivity contribution is 7.89. The minimum atomic E-state index is -4.13. The number of carbonyl (C=O) groups is 2. The van der Waals surface area contributed by atoms with Crippen molar-refractivity contribution in [3.8, 4) is 11.5 Å². The first kappa shape index (κ1) is 21.1. The molecule has 0 saturated heterocycles. The molecule has 2 rings (SSSR count). The zero-order valence-corrected chi connectivity index (χ0v) is 15.8. The van der Waals surface area contributed by atoms with Gasteiger partial charge in [0, 0.05) is 13.0 Å². The molecular formula is C17H18FN3O6S. The maximum Gasteiger partial charge on any atom is 0.272 e. The third-order valence-corrected chi connectivity index (χ3v) is 4.53. The first-order valence-corrected chi connectivity index (χ1v) is 9.34.